The number of thiophene rings is 1. The molecule has 1 aromatic rings. The topological polar surface area (TPSA) is 81.1 Å². The van der Waals surface area contributed by atoms with E-state index in [0.717, 1.165) is 24.4 Å². The van der Waals surface area contributed by atoms with Gasteiger partial charge in [0.15, 0.2) is 0 Å². The van der Waals surface area contributed by atoms with E-state index < -0.39 is 23.3 Å². The number of hydrogen-bond acceptors (Lipinski definition) is 5. The quantitative estimate of drug-likeness (QED) is 0.627. The molecule has 0 aromatic carbocycles. The van der Waals surface area contributed by atoms with Gasteiger partial charge in [-0.15, -0.1) is 11.3 Å². The van der Waals surface area contributed by atoms with Crippen LogP contribution in [-0.2, 0) is 22.6 Å². The molecule has 0 radical (unpaired) electrons. The fraction of sp³-hybridized carbons (Fsp3) is 0.474. The van der Waals surface area contributed by atoms with E-state index in [-0.39, 0.29) is 17.4 Å². The molecular formula is C19H22N2O4S. The van der Waals surface area contributed by atoms with Crippen molar-refractivity contribution >= 4 is 28.8 Å². The molecule has 138 valence electrons. The molecule has 1 saturated heterocycles. The van der Waals surface area contributed by atoms with Crippen LogP contribution in [0, 0.1) is 11.3 Å². The molecule has 0 aliphatic carbocycles. The lowest BCUT2D eigenvalue weighted by Gasteiger charge is -2.52. The Morgan fingerprint density at radius 2 is 2.12 bits per heavy atom. The number of carbonyl (C=O) groups excluding carboxylic acids is 1. The normalized spacial score (nSPS) is 30.9. The Labute approximate surface area is 156 Å². The number of fused-ring (bicyclic) bond motifs is 2. The van der Waals surface area contributed by atoms with Gasteiger partial charge in [0.1, 0.15) is 16.9 Å². The molecule has 0 saturated carbocycles. The Hall–Kier alpha value is -2.12. The second-order valence-electron chi connectivity index (χ2n) is 7.67. The molecule has 3 aliphatic rings. The SMILES string of the molecule is C=C(O)[C@@]1(C)C(=O)N2C(C(=O)O)=C(c3cc4c(s3)CCN(C)C4)[C@H](C)[C@@H]21. The molecule has 7 heteroatoms. The predicted octanol–water partition coefficient (Wildman–Crippen LogP) is 2.47. The number of carboxylic acid groups (broad SMARTS) is 1. The summed E-state index contributed by atoms with van der Waals surface area (Å²) >= 11 is 1.63. The first-order valence-electron chi connectivity index (χ1n) is 8.67. The summed E-state index contributed by atoms with van der Waals surface area (Å²) in [7, 11) is 2.07. The number of likely N-dealkylation sites (N-methyl/N-ethyl adjacent to an activating group) is 1. The van der Waals surface area contributed by atoms with Gasteiger partial charge in [-0.3, -0.25) is 9.69 Å². The smallest absolute Gasteiger partial charge is 0.352 e. The number of hydrogen-bond donors (Lipinski definition) is 2. The zero-order valence-corrected chi connectivity index (χ0v) is 15.9. The third kappa shape index (κ3) is 2.01. The second kappa shape index (κ2) is 5.44. The Kier molecular flexibility index (Phi) is 3.62. The first-order chi connectivity index (χ1) is 12.2. The van der Waals surface area contributed by atoms with Crippen molar-refractivity contribution in [3.63, 3.8) is 0 Å². The summed E-state index contributed by atoms with van der Waals surface area (Å²) in [5.41, 5.74) is 0.859. The van der Waals surface area contributed by atoms with E-state index in [0.29, 0.717) is 5.57 Å². The summed E-state index contributed by atoms with van der Waals surface area (Å²) in [6, 6.07) is 1.67. The average molecular weight is 374 g/mol. The first kappa shape index (κ1) is 17.3. The highest BCUT2D eigenvalue weighted by Gasteiger charge is 2.67. The number of nitrogens with zero attached hydrogens (tertiary/aromatic N) is 2. The molecule has 0 spiro atoms. The fourth-order valence-corrected chi connectivity index (χ4v) is 5.93. The number of β-lactam (4-membered cyclic amide) rings is 1. The van der Waals surface area contributed by atoms with Crippen molar-refractivity contribution in [1.82, 2.24) is 9.80 Å². The van der Waals surface area contributed by atoms with Crippen LogP contribution < -0.4 is 0 Å². The Morgan fingerprint density at radius 3 is 2.73 bits per heavy atom. The van der Waals surface area contributed by atoms with Crippen molar-refractivity contribution in [2.75, 3.05) is 13.6 Å². The zero-order valence-electron chi connectivity index (χ0n) is 15.1. The monoisotopic (exact) mass is 374 g/mol. The average Bonchev–Trinajstić information content (AvgIpc) is 3.09. The van der Waals surface area contributed by atoms with Gasteiger partial charge in [0.2, 0.25) is 5.91 Å². The van der Waals surface area contributed by atoms with Gasteiger partial charge in [-0.05, 0) is 32.0 Å². The van der Waals surface area contributed by atoms with Crippen LogP contribution in [0.15, 0.2) is 24.1 Å². The van der Waals surface area contributed by atoms with Crippen LogP contribution in [0.3, 0.4) is 0 Å². The lowest BCUT2D eigenvalue weighted by molar-refractivity contribution is -0.167. The number of carboxylic acids is 1. The van der Waals surface area contributed by atoms with E-state index >= 15 is 0 Å². The van der Waals surface area contributed by atoms with Gasteiger partial charge in [0.05, 0.1) is 6.04 Å². The maximum Gasteiger partial charge on any atom is 0.352 e. The Balaban J connectivity index is 1.82. The highest BCUT2D eigenvalue weighted by molar-refractivity contribution is 7.13. The summed E-state index contributed by atoms with van der Waals surface area (Å²) in [6.45, 7) is 8.98. The Bertz CT molecular complexity index is 886. The summed E-state index contributed by atoms with van der Waals surface area (Å²) in [5, 5.41) is 19.8. The van der Waals surface area contributed by atoms with Gasteiger partial charge in [-0.2, -0.15) is 0 Å². The van der Waals surface area contributed by atoms with Crippen LogP contribution in [0.1, 0.15) is 29.2 Å². The van der Waals surface area contributed by atoms with E-state index in [9.17, 15) is 19.8 Å². The number of aliphatic hydroxyl groups excluding tert-OH is 1. The van der Waals surface area contributed by atoms with Crippen molar-refractivity contribution < 1.29 is 19.8 Å². The summed E-state index contributed by atoms with van der Waals surface area (Å²) in [4.78, 5) is 30.5. The van der Waals surface area contributed by atoms with E-state index in [4.69, 9.17) is 0 Å². The molecule has 6 nitrogen and oxygen atoms in total. The van der Waals surface area contributed by atoms with Crippen LogP contribution in [0.2, 0.25) is 0 Å². The highest BCUT2D eigenvalue weighted by atomic mass is 32.1. The number of rotatable bonds is 3. The van der Waals surface area contributed by atoms with Gasteiger partial charge < -0.3 is 15.1 Å². The molecule has 1 amide bonds. The molecule has 3 atom stereocenters. The molecule has 4 rings (SSSR count). The summed E-state index contributed by atoms with van der Waals surface area (Å²) in [5.74, 6) is -1.88. The largest absolute Gasteiger partial charge is 0.512 e. The number of aliphatic carboxylic acids is 1. The van der Waals surface area contributed by atoms with Crippen molar-refractivity contribution in [2.24, 2.45) is 11.3 Å². The van der Waals surface area contributed by atoms with Crippen molar-refractivity contribution in [3.05, 3.63) is 39.4 Å². The number of aliphatic hydroxyl groups is 1. The standard InChI is InChI=1S/C19H22N2O4S/c1-9-14(13-7-11-8-20(4)6-5-12(11)26-13)15(17(23)24)21-16(9)19(3,10(2)22)18(21)25/h7,9,16,22H,2,5-6,8H2,1,3-4H3,(H,23,24)/t9-,16+,19+/m0/s1. The lowest BCUT2D eigenvalue weighted by atomic mass is 9.67. The fourth-order valence-electron chi connectivity index (χ4n) is 4.62. The van der Waals surface area contributed by atoms with Crippen molar-refractivity contribution in [3.8, 4) is 0 Å². The van der Waals surface area contributed by atoms with E-state index in [1.165, 1.54) is 15.3 Å². The van der Waals surface area contributed by atoms with Gasteiger partial charge in [0.25, 0.3) is 0 Å². The predicted molar refractivity (Wildman–Crippen MR) is 98.6 cm³/mol. The first-order valence-corrected chi connectivity index (χ1v) is 9.49. The van der Waals surface area contributed by atoms with E-state index in [1.807, 2.05) is 6.92 Å². The number of amides is 1. The lowest BCUT2D eigenvalue weighted by Crippen LogP contribution is -2.67. The minimum Gasteiger partial charge on any atom is -0.512 e. The second-order valence-corrected chi connectivity index (χ2v) is 8.81. The Morgan fingerprint density at radius 1 is 1.42 bits per heavy atom. The van der Waals surface area contributed by atoms with E-state index in [1.54, 1.807) is 18.3 Å². The molecule has 1 aromatic heterocycles. The van der Waals surface area contributed by atoms with Gasteiger partial charge in [-0.25, -0.2) is 4.79 Å². The van der Waals surface area contributed by atoms with Gasteiger partial charge in [0, 0.05) is 34.3 Å². The molecule has 2 N–H and O–H groups in total. The number of carbonyl (C=O) groups is 2. The maximum absolute atomic E-state index is 12.7. The van der Waals surface area contributed by atoms with Gasteiger partial charge in [-0.1, -0.05) is 13.5 Å². The summed E-state index contributed by atoms with van der Waals surface area (Å²) < 4.78 is 0. The molecular weight excluding hydrogens is 352 g/mol. The molecule has 4 heterocycles. The van der Waals surface area contributed by atoms with Crippen LogP contribution in [0.25, 0.3) is 5.57 Å². The molecule has 0 bridgehead atoms. The minimum absolute atomic E-state index is 0.0539. The van der Waals surface area contributed by atoms with Gasteiger partial charge >= 0.3 is 5.97 Å². The minimum atomic E-state index is -1.13. The molecule has 26 heavy (non-hydrogen) atoms. The highest BCUT2D eigenvalue weighted by Crippen LogP contribution is 2.57. The van der Waals surface area contributed by atoms with E-state index in [2.05, 4.69) is 24.6 Å². The molecule has 3 aliphatic heterocycles. The van der Waals surface area contributed by atoms with Crippen molar-refractivity contribution in [1.29, 1.82) is 0 Å². The van der Waals surface area contributed by atoms with Crippen LogP contribution in [0.5, 0.6) is 0 Å². The van der Waals surface area contributed by atoms with Crippen LogP contribution in [-0.4, -0.2) is 51.5 Å². The zero-order chi connectivity index (χ0) is 19.0. The maximum atomic E-state index is 12.7. The third-order valence-electron chi connectivity index (χ3n) is 6.08. The van der Waals surface area contributed by atoms with Crippen LogP contribution >= 0.6 is 11.3 Å². The summed E-state index contributed by atoms with van der Waals surface area (Å²) in [6.07, 6.45) is 0.956. The van der Waals surface area contributed by atoms with Crippen LogP contribution in [0.4, 0.5) is 0 Å². The molecule has 1 fully saturated rings. The van der Waals surface area contributed by atoms with Crippen molar-refractivity contribution in [2.45, 2.75) is 32.9 Å². The molecule has 0 unspecified atom stereocenters. The third-order valence-corrected chi connectivity index (χ3v) is 7.35.